The molecular weight excluding hydrogens is 202 g/mol. The Balaban J connectivity index is 4.01. The van der Waals surface area contributed by atoms with Gasteiger partial charge in [-0.25, -0.2) is 0 Å². The molecule has 2 atom stereocenters. The minimum Gasteiger partial charge on any atom is -0.480 e. The first kappa shape index (κ1) is 13.7. The molecular formula is C9H19NO3S. The fourth-order valence-corrected chi connectivity index (χ4v) is 1.97. The molecule has 2 unspecified atom stereocenters. The SMILES string of the molecule is CNC(C)(CSC(C)CCO)C(=O)O. The summed E-state index contributed by atoms with van der Waals surface area (Å²) in [5.41, 5.74) is -0.881. The first-order valence-electron chi connectivity index (χ1n) is 4.61. The van der Waals surface area contributed by atoms with Crippen LogP contribution in [0.25, 0.3) is 0 Å². The summed E-state index contributed by atoms with van der Waals surface area (Å²) in [4.78, 5) is 10.9. The van der Waals surface area contributed by atoms with Crippen molar-refractivity contribution in [2.24, 2.45) is 0 Å². The molecule has 0 rings (SSSR count). The number of aliphatic hydroxyl groups excluding tert-OH is 1. The first-order chi connectivity index (χ1) is 6.46. The highest BCUT2D eigenvalue weighted by molar-refractivity contribution is 8.00. The van der Waals surface area contributed by atoms with Crippen molar-refractivity contribution in [2.45, 2.75) is 31.1 Å². The Kier molecular flexibility index (Phi) is 6.15. The molecule has 0 radical (unpaired) electrons. The highest BCUT2D eigenvalue weighted by Gasteiger charge is 2.31. The summed E-state index contributed by atoms with van der Waals surface area (Å²) < 4.78 is 0. The Morgan fingerprint density at radius 2 is 2.21 bits per heavy atom. The smallest absolute Gasteiger partial charge is 0.324 e. The molecule has 0 aliphatic carbocycles. The van der Waals surface area contributed by atoms with Gasteiger partial charge in [0.2, 0.25) is 0 Å². The van der Waals surface area contributed by atoms with Gasteiger partial charge in [-0.15, -0.1) is 0 Å². The third-order valence-corrected chi connectivity index (χ3v) is 3.76. The largest absolute Gasteiger partial charge is 0.480 e. The van der Waals surface area contributed by atoms with Crippen molar-refractivity contribution in [3.8, 4) is 0 Å². The summed E-state index contributed by atoms with van der Waals surface area (Å²) in [6.45, 7) is 3.80. The van der Waals surface area contributed by atoms with Gasteiger partial charge < -0.3 is 15.5 Å². The number of carboxylic acids is 1. The van der Waals surface area contributed by atoms with Gasteiger partial charge in [-0.3, -0.25) is 4.79 Å². The average Bonchev–Trinajstić information content (AvgIpc) is 2.14. The number of nitrogens with one attached hydrogen (secondary N) is 1. The second-order valence-corrected chi connectivity index (χ2v) is 4.95. The van der Waals surface area contributed by atoms with E-state index < -0.39 is 11.5 Å². The molecule has 0 aromatic heterocycles. The van der Waals surface area contributed by atoms with Crippen LogP contribution in [-0.2, 0) is 4.79 Å². The maximum Gasteiger partial charge on any atom is 0.324 e. The van der Waals surface area contributed by atoms with Gasteiger partial charge in [0.25, 0.3) is 0 Å². The summed E-state index contributed by atoms with van der Waals surface area (Å²) in [5, 5.41) is 20.7. The molecule has 84 valence electrons. The molecule has 0 aromatic rings. The lowest BCUT2D eigenvalue weighted by Crippen LogP contribution is -2.50. The average molecular weight is 221 g/mol. The summed E-state index contributed by atoms with van der Waals surface area (Å²) in [6, 6.07) is 0. The molecule has 14 heavy (non-hydrogen) atoms. The number of likely N-dealkylation sites (N-methyl/N-ethyl adjacent to an activating group) is 1. The zero-order valence-electron chi connectivity index (χ0n) is 8.91. The Labute approximate surface area is 89.1 Å². The summed E-state index contributed by atoms with van der Waals surface area (Å²) >= 11 is 1.56. The molecule has 0 aliphatic rings. The van der Waals surface area contributed by atoms with Gasteiger partial charge in [0, 0.05) is 17.6 Å². The van der Waals surface area contributed by atoms with Gasteiger partial charge in [0.15, 0.2) is 0 Å². The predicted octanol–water partition coefficient (Wildman–Crippen LogP) is 0.553. The molecule has 5 heteroatoms. The lowest BCUT2D eigenvalue weighted by molar-refractivity contribution is -0.142. The fraction of sp³-hybridized carbons (Fsp3) is 0.889. The summed E-state index contributed by atoms with van der Waals surface area (Å²) in [6.07, 6.45) is 0.698. The van der Waals surface area contributed by atoms with Gasteiger partial charge in [0.05, 0.1) is 0 Å². The van der Waals surface area contributed by atoms with E-state index >= 15 is 0 Å². The highest BCUT2D eigenvalue weighted by Crippen LogP contribution is 2.19. The lowest BCUT2D eigenvalue weighted by atomic mass is 10.1. The van der Waals surface area contributed by atoms with E-state index in [9.17, 15) is 4.79 Å². The van der Waals surface area contributed by atoms with Gasteiger partial charge in [-0.1, -0.05) is 6.92 Å². The molecule has 0 spiro atoms. The number of hydrogen-bond acceptors (Lipinski definition) is 4. The number of hydrogen-bond donors (Lipinski definition) is 3. The number of carbonyl (C=O) groups is 1. The van der Waals surface area contributed by atoms with Crippen LogP contribution >= 0.6 is 11.8 Å². The molecule has 0 aromatic carbocycles. The number of carboxylic acid groups (broad SMARTS) is 1. The third kappa shape index (κ3) is 4.30. The summed E-state index contributed by atoms with van der Waals surface area (Å²) in [5.74, 6) is -0.344. The van der Waals surface area contributed by atoms with E-state index in [0.29, 0.717) is 12.2 Å². The first-order valence-corrected chi connectivity index (χ1v) is 5.66. The van der Waals surface area contributed by atoms with Gasteiger partial charge in [0.1, 0.15) is 5.54 Å². The minimum atomic E-state index is -0.881. The highest BCUT2D eigenvalue weighted by atomic mass is 32.2. The quantitative estimate of drug-likeness (QED) is 0.586. The Hall–Kier alpha value is -0.260. The predicted molar refractivity (Wildman–Crippen MR) is 58.7 cm³/mol. The maximum atomic E-state index is 10.9. The van der Waals surface area contributed by atoms with Gasteiger partial charge in [-0.05, 0) is 20.4 Å². The van der Waals surface area contributed by atoms with Crippen molar-refractivity contribution in [3.63, 3.8) is 0 Å². The van der Waals surface area contributed by atoms with E-state index in [2.05, 4.69) is 5.32 Å². The molecule has 0 aliphatic heterocycles. The molecule has 3 N–H and O–H groups in total. The maximum absolute atomic E-state index is 10.9. The Bertz CT molecular complexity index is 189. The Morgan fingerprint density at radius 1 is 1.64 bits per heavy atom. The topological polar surface area (TPSA) is 69.6 Å². The van der Waals surface area contributed by atoms with E-state index in [1.165, 1.54) is 0 Å². The fourth-order valence-electron chi connectivity index (χ4n) is 0.815. The third-order valence-electron chi connectivity index (χ3n) is 2.22. The van der Waals surface area contributed by atoms with E-state index in [1.807, 2.05) is 6.92 Å². The molecule has 0 saturated carbocycles. The molecule has 0 saturated heterocycles. The Morgan fingerprint density at radius 3 is 2.57 bits per heavy atom. The van der Waals surface area contributed by atoms with E-state index in [4.69, 9.17) is 10.2 Å². The van der Waals surface area contributed by atoms with Crippen molar-refractivity contribution in [3.05, 3.63) is 0 Å². The monoisotopic (exact) mass is 221 g/mol. The van der Waals surface area contributed by atoms with Crippen LogP contribution in [0.15, 0.2) is 0 Å². The van der Waals surface area contributed by atoms with Gasteiger partial charge in [-0.2, -0.15) is 11.8 Å². The van der Waals surface area contributed by atoms with Crippen LogP contribution in [0.2, 0.25) is 0 Å². The van der Waals surface area contributed by atoms with Crippen LogP contribution in [0.5, 0.6) is 0 Å². The number of aliphatic hydroxyl groups is 1. The van der Waals surface area contributed by atoms with Crippen LogP contribution in [0, 0.1) is 0 Å². The van der Waals surface area contributed by atoms with E-state index in [0.717, 1.165) is 0 Å². The molecule has 0 heterocycles. The number of thioether (sulfide) groups is 1. The number of aliphatic carboxylic acids is 1. The normalized spacial score (nSPS) is 17.4. The lowest BCUT2D eigenvalue weighted by Gasteiger charge is -2.25. The van der Waals surface area contributed by atoms with Crippen molar-refractivity contribution in [2.75, 3.05) is 19.4 Å². The van der Waals surface area contributed by atoms with Crippen molar-refractivity contribution in [1.29, 1.82) is 0 Å². The minimum absolute atomic E-state index is 0.150. The zero-order chi connectivity index (χ0) is 11.2. The van der Waals surface area contributed by atoms with Crippen LogP contribution in [0.4, 0.5) is 0 Å². The second kappa shape index (κ2) is 6.27. The van der Waals surface area contributed by atoms with Crippen molar-refractivity contribution >= 4 is 17.7 Å². The zero-order valence-corrected chi connectivity index (χ0v) is 9.73. The standard InChI is InChI=1S/C9H19NO3S/c1-7(4-5-11)14-6-9(2,10-3)8(12)13/h7,10-11H,4-6H2,1-3H3,(H,12,13). The summed E-state index contributed by atoms with van der Waals surface area (Å²) in [7, 11) is 1.64. The second-order valence-electron chi connectivity index (χ2n) is 3.52. The molecule has 4 nitrogen and oxygen atoms in total. The van der Waals surface area contributed by atoms with Gasteiger partial charge >= 0.3 is 5.97 Å². The van der Waals surface area contributed by atoms with Crippen LogP contribution in [0.3, 0.4) is 0 Å². The van der Waals surface area contributed by atoms with Crippen LogP contribution in [0.1, 0.15) is 20.3 Å². The molecule has 0 bridgehead atoms. The van der Waals surface area contributed by atoms with E-state index in [-0.39, 0.29) is 11.9 Å². The number of rotatable bonds is 7. The van der Waals surface area contributed by atoms with E-state index in [1.54, 1.807) is 25.7 Å². The van der Waals surface area contributed by atoms with Crippen LogP contribution < -0.4 is 5.32 Å². The van der Waals surface area contributed by atoms with Crippen LogP contribution in [-0.4, -0.2) is 46.4 Å². The van der Waals surface area contributed by atoms with Crippen molar-refractivity contribution in [1.82, 2.24) is 5.32 Å². The molecule has 0 amide bonds. The molecule has 0 fully saturated rings. The van der Waals surface area contributed by atoms with Crippen molar-refractivity contribution < 1.29 is 15.0 Å².